The van der Waals surface area contributed by atoms with Gasteiger partial charge in [0.25, 0.3) is 0 Å². The van der Waals surface area contributed by atoms with Crippen molar-refractivity contribution in [2.75, 3.05) is 19.6 Å². The van der Waals surface area contributed by atoms with Crippen molar-refractivity contribution < 1.29 is 0 Å². The van der Waals surface area contributed by atoms with E-state index in [1.54, 1.807) is 11.6 Å². The minimum absolute atomic E-state index is 0.0705. The molecular formula is C19H28N6O. The molecule has 140 valence electrons. The molecule has 7 nitrogen and oxygen atoms in total. The second-order valence-electron chi connectivity index (χ2n) is 7.66. The van der Waals surface area contributed by atoms with Crippen LogP contribution >= 0.6 is 0 Å². The van der Waals surface area contributed by atoms with E-state index in [4.69, 9.17) is 0 Å². The Morgan fingerprint density at radius 2 is 2.04 bits per heavy atom. The van der Waals surface area contributed by atoms with Gasteiger partial charge in [0.15, 0.2) is 0 Å². The first-order valence-corrected chi connectivity index (χ1v) is 9.56. The average molecular weight is 356 g/mol. The fraction of sp³-hybridized carbons (Fsp3) is 0.579. The lowest BCUT2D eigenvalue weighted by molar-refractivity contribution is 0.186. The highest BCUT2D eigenvalue weighted by atomic mass is 16.2. The van der Waals surface area contributed by atoms with Crippen LogP contribution in [0.1, 0.15) is 37.9 Å². The van der Waals surface area contributed by atoms with E-state index in [0.717, 1.165) is 50.4 Å². The topological polar surface area (TPSA) is 67.1 Å². The molecule has 0 radical (unpaired) electrons. The first-order chi connectivity index (χ1) is 12.6. The lowest BCUT2D eigenvalue weighted by Crippen LogP contribution is -2.44. The molecule has 2 aromatic rings. The Morgan fingerprint density at radius 1 is 1.23 bits per heavy atom. The van der Waals surface area contributed by atoms with Gasteiger partial charge in [-0.05, 0) is 44.9 Å². The number of aromatic nitrogens is 3. The normalized spacial score (nSPS) is 27.1. The third-order valence-corrected chi connectivity index (χ3v) is 5.49. The number of hydrogen-bond acceptors (Lipinski definition) is 5. The maximum Gasteiger partial charge on any atom is 0.350 e. The zero-order chi connectivity index (χ0) is 18.1. The number of likely N-dealkylation sites (tertiary alicyclic amines) is 1. The van der Waals surface area contributed by atoms with Gasteiger partial charge in [-0.15, -0.1) is 0 Å². The summed E-state index contributed by atoms with van der Waals surface area (Å²) in [6.45, 7) is 5.32. The first-order valence-electron chi connectivity index (χ1n) is 9.56. The van der Waals surface area contributed by atoms with Crippen molar-refractivity contribution in [3.8, 4) is 5.69 Å². The van der Waals surface area contributed by atoms with Crippen LogP contribution in [0.3, 0.4) is 0 Å². The predicted octanol–water partition coefficient (Wildman–Crippen LogP) is 1.01. The minimum atomic E-state index is -0.0705. The SMILES string of the molecule is CC1CC(CN2CCCC(c3nn(C)c(=O)n3-c3ccccc3)C2)NN1. The van der Waals surface area contributed by atoms with Crippen molar-refractivity contribution in [2.24, 2.45) is 7.05 Å². The molecule has 3 atom stereocenters. The quantitative estimate of drug-likeness (QED) is 0.856. The Bertz CT molecular complexity index is 798. The summed E-state index contributed by atoms with van der Waals surface area (Å²) in [4.78, 5) is 15.2. The number of hydrogen-bond donors (Lipinski definition) is 2. The molecule has 0 bridgehead atoms. The molecule has 0 aliphatic carbocycles. The Hall–Kier alpha value is -1.96. The van der Waals surface area contributed by atoms with E-state index < -0.39 is 0 Å². The second kappa shape index (κ2) is 7.34. The van der Waals surface area contributed by atoms with Crippen molar-refractivity contribution in [1.82, 2.24) is 30.1 Å². The highest BCUT2D eigenvalue weighted by Crippen LogP contribution is 2.27. The first kappa shape index (κ1) is 17.5. The Morgan fingerprint density at radius 3 is 2.77 bits per heavy atom. The van der Waals surface area contributed by atoms with Crippen molar-refractivity contribution in [2.45, 2.75) is 44.2 Å². The Balaban J connectivity index is 1.55. The Kier molecular flexibility index (Phi) is 4.93. The molecule has 2 aliphatic heterocycles. The number of hydrazine groups is 1. The van der Waals surface area contributed by atoms with Gasteiger partial charge in [0, 0.05) is 38.1 Å². The van der Waals surface area contributed by atoms with Crippen molar-refractivity contribution >= 4 is 0 Å². The van der Waals surface area contributed by atoms with Crippen molar-refractivity contribution in [1.29, 1.82) is 0 Å². The number of rotatable bonds is 4. The van der Waals surface area contributed by atoms with Crippen LogP contribution in [0, 0.1) is 0 Å². The van der Waals surface area contributed by atoms with Gasteiger partial charge in [0.1, 0.15) is 5.82 Å². The number of nitrogens with one attached hydrogen (secondary N) is 2. The minimum Gasteiger partial charge on any atom is -0.301 e. The highest BCUT2D eigenvalue weighted by Gasteiger charge is 2.30. The van der Waals surface area contributed by atoms with Gasteiger partial charge in [-0.1, -0.05) is 18.2 Å². The van der Waals surface area contributed by atoms with Crippen LogP contribution in [0.25, 0.3) is 5.69 Å². The Labute approximate surface area is 154 Å². The molecule has 1 aromatic carbocycles. The molecule has 4 rings (SSSR count). The van der Waals surface area contributed by atoms with Gasteiger partial charge in [0.05, 0.1) is 5.69 Å². The van der Waals surface area contributed by atoms with Gasteiger partial charge >= 0.3 is 5.69 Å². The van der Waals surface area contributed by atoms with Crippen LogP contribution in [0.15, 0.2) is 35.1 Å². The van der Waals surface area contributed by atoms with E-state index in [9.17, 15) is 4.79 Å². The zero-order valence-electron chi connectivity index (χ0n) is 15.6. The van der Waals surface area contributed by atoms with Crippen molar-refractivity contribution in [3.05, 3.63) is 46.6 Å². The number of para-hydroxylation sites is 1. The molecule has 7 heteroatoms. The molecule has 0 spiro atoms. The average Bonchev–Trinajstić information content (AvgIpc) is 3.19. The van der Waals surface area contributed by atoms with Gasteiger partial charge in [-0.3, -0.25) is 10.9 Å². The molecule has 2 saturated heterocycles. The molecule has 2 aliphatic rings. The highest BCUT2D eigenvalue weighted by molar-refractivity contribution is 5.33. The molecule has 3 unspecified atom stereocenters. The van der Waals surface area contributed by atoms with E-state index in [1.165, 1.54) is 4.68 Å². The molecular weight excluding hydrogens is 328 g/mol. The van der Waals surface area contributed by atoms with Gasteiger partial charge in [0.2, 0.25) is 0 Å². The largest absolute Gasteiger partial charge is 0.350 e. The summed E-state index contributed by atoms with van der Waals surface area (Å²) in [5.41, 5.74) is 7.52. The number of nitrogens with zero attached hydrogens (tertiary/aromatic N) is 4. The third-order valence-electron chi connectivity index (χ3n) is 5.49. The monoisotopic (exact) mass is 356 g/mol. The van der Waals surface area contributed by atoms with Gasteiger partial charge in [-0.25, -0.2) is 14.0 Å². The van der Waals surface area contributed by atoms with E-state index >= 15 is 0 Å². The molecule has 1 aromatic heterocycles. The summed E-state index contributed by atoms with van der Waals surface area (Å²) in [5.74, 6) is 1.17. The molecule has 2 N–H and O–H groups in total. The lowest BCUT2D eigenvalue weighted by atomic mass is 9.96. The van der Waals surface area contributed by atoms with Crippen LogP contribution in [0.2, 0.25) is 0 Å². The smallest absolute Gasteiger partial charge is 0.301 e. The van der Waals surface area contributed by atoms with Gasteiger partial charge < -0.3 is 4.90 Å². The molecule has 26 heavy (non-hydrogen) atoms. The van der Waals surface area contributed by atoms with E-state index in [1.807, 2.05) is 30.3 Å². The predicted molar refractivity (Wildman–Crippen MR) is 101 cm³/mol. The maximum atomic E-state index is 12.7. The van der Waals surface area contributed by atoms with Crippen LogP contribution in [-0.4, -0.2) is 51.0 Å². The molecule has 2 fully saturated rings. The third kappa shape index (κ3) is 3.47. The number of aryl methyl sites for hydroxylation is 1. The van der Waals surface area contributed by atoms with Gasteiger partial charge in [-0.2, -0.15) is 5.10 Å². The standard InChI is InChI=1S/C19H28N6O/c1-14-11-16(21-20-14)13-24-10-6-7-15(12-24)18-22-23(2)19(26)25(18)17-8-4-3-5-9-17/h3-5,8-9,14-16,20-21H,6-7,10-13H2,1-2H3. The fourth-order valence-corrected chi connectivity index (χ4v) is 4.24. The number of piperidine rings is 1. The summed E-state index contributed by atoms with van der Waals surface area (Å²) in [6.07, 6.45) is 3.37. The molecule has 0 amide bonds. The lowest BCUT2D eigenvalue weighted by Gasteiger charge is -2.33. The number of benzene rings is 1. The maximum absolute atomic E-state index is 12.7. The van der Waals surface area contributed by atoms with Crippen LogP contribution in [0.5, 0.6) is 0 Å². The fourth-order valence-electron chi connectivity index (χ4n) is 4.24. The zero-order valence-corrected chi connectivity index (χ0v) is 15.6. The second-order valence-corrected chi connectivity index (χ2v) is 7.66. The van der Waals surface area contributed by atoms with E-state index in [0.29, 0.717) is 12.1 Å². The van der Waals surface area contributed by atoms with E-state index in [-0.39, 0.29) is 11.6 Å². The summed E-state index contributed by atoms with van der Waals surface area (Å²) in [7, 11) is 1.74. The van der Waals surface area contributed by atoms with E-state index in [2.05, 4.69) is 27.8 Å². The summed E-state index contributed by atoms with van der Waals surface area (Å²) in [6, 6.07) is 10.9. The molecule has 3 heterocycles. The molecule has 0 saturated carbocycles. The summed E-state index contributed by atoms with van der Waals surface area (Å²) >= 11 is 0. The van der Waals surface area contributed by atoms with Crippen LogP contribution < -0.4 is 16.5 Å². The van der Waals surface area contributed by atoms with Crippen LogP contribution in [0.4, 0.5) is 0 Å². The summed E-state index contributed by atoms with van der Waals surface area (Å²) in [5, 5.41) is 4.60. The van der Waals surface area contributed by atoms with Crippen LogP contribution in [-0.2, 0) is 7.05 Å². The van der Waals surface area contributed by atoms with Crippen molar-refractivity contribution in [3.63, 3.8) is 0 Å². The summed E-state index contributed by atoms with van der Waals surface area (Å²) < 4.78 is 3.25.